The van der Waals surface area contributed by atoms with Gasteiger partial charge in [0.25, 0.3) is 5.91 Å². The molecule has 0 bridgehead atoms. The van der Waals surface area contributed by atoms with E-state index >= 15 is 0 Å². The van der Waals surface area contributed by atoms with Gasteiger partial charge in [0.1, 0.15) is 5.76 Å². The molecular formula is C17H17NO3S. The van der Waals surface area contributed by atoms with Crippen LogP contribution in [-0.2, 0) is 0 Å². The number of thiophene rings is 1. The Labute approximate surface area is 132 Å². The van der Waals surface area contributed by atoms with Gasteiger partial charge in [0, 0.05) is 5.39 Å². The lowest BCUT2D eigenvalue weighted by Gasteiger charge is -2.10. The number of carbonyl (C=O) groups excluding carboxylic acids is 1. The molecule has 0 aliphatic rings. The monoisotopic (exact) mass is 315 g/mol. The second kappa shape index (κ2) is 6.23. The summed E-state index contributed by atoms with van der Waals surface area (Å²) in [7, 11) is 0. The lowest BCUT2D eigenvalue weighted by atomic mass is 10.2. The van der Waals surface area contributed by atoms with Crippen molar-refractivity contribution >= 4 is 28.2 Å². The van der Waals surface area contributed by atoms with Crippen molar-refractivity contribution in [2.45, 2.75) is 19.9 Å². The fourth-order valence-corrected chi connectivity index (χ4v) is 2.91. The molecule has 5 heteroatoms. The van der Waals surface area contributed by atoms with Crippen molar-refractivity contribution in [2.24, 2.45) is 0 Å². The number of hydrogen-bond acceptors (Lipinski definition) is 4. The van der Waals surface area contributed by atoms with Crippen molar-refractivity contribution in [3.63, 3.8) is 0 Å². The largest absolute Gasteiger partial charge is 0.490 e. The van der Waals surface area contributed by atoms with Crippen LogP contribution in [0.4, 0.5) is 0 Å². The Morgan fingerprint density at radius 3 is 2.95 bits per heavy atom. The fourth-order valence-electron chi connectivity index (χ4n) is 2.29. The maximum atomic E-state index is 12.1. The van der Waals surface area contributed by atoms with Crippen molar-refractivity contribution in [2.75, 3.05) is 6.61 Å². The maximum Gasteiger partial charge on any atom is 0.261 e. The lowest BCUT2D eigenvalue weighted by molar-refractivity contribution is 0.0940. The highest BCUT2D eigenvalue weighted by atomic mass is 32.1. The van der Waals surface area contributed by atoms with Crippen LogP contribution in [0.25, 0.3) is 11.0 Å². The number of nitrogens with one attached hydrogen (secondary N) is 1. The first-order valence-electron chi connectivity index (χ1n) is 7.18. The minimum Gasteiger partial charge on any atom is -0.490 e. The summed E-state index contributed by atoms with van der Waals surface area (Å²) in [5.74, 6) is 1.35. The molecule has 2 aromatic heterocycles. The number of carbonyl (C=O) groups is 1. The summed E-state index contributed by atoms with van der Waals surface area (Å²) in [4.78, 5) is 12.8. The number of amides is 1. The molecule has 4 nitrogen and oxygen atoms in total. The Hall–Kier alpha value is -2.27. The minimum absolute atomic E-state index is 0.0898. The summed E-state index contributed by atoms with van der Waals surface area (Å²) in [5, 5.41) is 5.80. The van der Waals surface area contributed by atoms with Crippen LogP contribution in [0, 0.1) is 0 Å². The molecular weight excluding hydrogens is 298 g/mol. The Bertz CT molecular complexity index is 776. The lowest BCUT2D eigenvalue weighted by Crippen LogP contribution is -2.25. The van der Waals surface area contributed by atoms with Gasteiger partial charge in [-0.3, -0.25) is 4.79 Å². The number of para-hydroxylation sites is 1. The second-order valence-electron chi connectivity index (χ2n) is 4.93. The van der Waals surface area contributed by atoms with Crippen molar-refractivity contribution in [1.29, 1.82) is 0 Å². The Balaban J connectivity index is 1.83. The van der Waals surface area contributed by atoms with Crippen LogP contribution in [0.2, 0.25) is 0 Å². The third-order valence-electron chi connectivity index (χ3n) is 3.35. The molecule has 1 unspecified atom stereocenters. The van der Waals surface area contributed by atoms with E-state index in [1.54, 1.807) is 6.07 Å². The summed E-state index contributed by atoms with van der Waals surface area (Å²) >= 11 is 1.42. The highest BCUT2D eigenvalue weighted by Gasteiger charge is 2.17. The predicted octanol–water partition coefficient (Wildman–Crippen LogP) is 4.38. The molecule has 0 aliphatic carbocycles. The molecule has 0 radical (unpaired) electrons. The first kappa shape index (κ1) is 14.7. The summed E-state index contributed by atoms with van der Waals surface area (Å²) in [6.07, 6.45) is 0. The molecule has 0 saturated heterocycles. The van der Waals surface area contributed by atoms with E-state index in [1.807, 2.05) is 49.6 Å². The van der Waals surface area contributed by atoms with E-state index in [0.717, 1.165) is 16.7 Å². The molecule has 0 fully saturated rings. The second-order valence-corrected chi connectivity index (χ2v) is 5.88. The van der Waals surface area contributed by atoms with Crippen molar-refractivity contribution in [3.8, 4) is 5.75 Å². The summed E-state index contributed by atoms with van der Waals surface area (Å²) in [6.45, 7) is 4.43. The van der Waals surface area contributed by atoms with Crippen LogP contribution in [-0.4, -0.2) is 12.5 Å². The van der Waals surface area contributed by atoms with Crippen LogP contribution in [0.15, 0.2) is 46.2 Å². The quantitative estimate of drug-likeness (QED) is 0.760. The van der Waals surface area contributed by atoms with Crippen LogP contribution < -0.4 is 10.1 Å². The van der Waals surface area contributed by atoms with Gasteiger partial charge in [0.05, 0.1) is 17.5 Å². The fraction of sp³-hybridized carbons (Fsp3) is 0.235. The van der Waals surface area contributed by atoms with E-state index in [4.69, 9.17) is 9.15 Å². The normalized spacial score (nSPS) is 12.3. The average molecular weight is 315 g/mol. The van der Waals surface area contributed by atoms with Crippen LogP contribution in [0.5, 0.6) is 5.75 Å². The molecule has 0 spiro atoms. The number of benzene rings is 1. The molecule has 3 rings (SSSR count). The molecule has 114 valence electrons. The molecule has 0 saturated carbocycles. The van der Waals surface area contributed by atoms with Gasteiger partial charge < -0.3 is 14.5 Å². The van der Waals surface area contributed by atoms with Gasteiger partial charge in [-0.1, -0.05) is 18.2 Å². The number of fused-ring (bicyclic) bond motifs is 1. The van der Waals surface area contributed by atoms with Crippen LogP contribution in [0.3, 0.4) is 0 Å². The molecule has 1 N–H and O–H groups in total. The predicted molar refractivity (Wildman–Crippen MR) is 87.6 cm³/mol. The topological polar surface area (TPSA) is 51.5 Å². The Kier molecular flexibility index (Phi) is 4.15. The molecule has 3 aromatic rings. The van der Waals surface area contributed by atoms with E-state index in [9.17, 15) is 4.79 Å². The molecule has 22 heavy (non-hydrogen) atoms. The molecule has 1 atom stereocenters. The summed E-state index contributed by atoms with van der Waals surface area (Å²) in [6, 6.07) is 11.2. The van der Waals surface area contributed by atoms with Gasteiger partial charge >= 0.3 is 0 Å². The third kappa shape index (κ3) is 2.85. The molecule has 1 amide bonds. The summed E-state index contributed by atoms with van der Waals surface area (Å²) < 4.78 is 11.5. The third-order valence-corrected chi connectivity index (χ3v) is 4.21. The van der Waals surface area contributed by atoms with Crippen molar-refractivity contribution in [3.05, 3.63) is 52.4 Å². The zero-order valence-corrected chi connectivity index (χ0v) is 13.3. The Morgan fingerprint density at radius 2 is 2.23 bits per heavy atom. The first-order valence-corrected chi connectivity index (χ1v) is 8.06. The van der Waals surface area contributed by atoms with Gasteiger partial charge in [-0.05, 0) is 37.4 Å². The average Bonchev–Trinajstić information content (AvgIpc) is 3.17. The van der Waals surface area contributed by atoms with E-state index in [1.165, 1.54) is 11.3 Å². The van der Waals surface area contributed by atoms with E-state index in [2.05, 4.69) is 5.32 Å². The van der Waals surface area contributed by atoms with Crippen LogP contribution >= 0.6 is 11.3 Å². The van der Waals surface area contributed by atoms with Gasteiger partial charge in [-0.25, -0.2) is 0 Å². The van der Waals surface area contributed by atoms with E-state index in [-0.39, 0.29) is 11.9 Å². The highest BCUT2D eigenvalue weighted by molar-refractivity contribution is 7.12. The molecule has 0 aliphatic heterocycles. The SMILES string of the molecule is CCOc1cccc2cc(C(C)NC(=O)c3cccs3)oc12. The standard InChI is InChI=1S/C17H17NO3S/c1-3-20-13-7-4-6-12-10-14(21-16(12)13)11(2)18-17(19)15-8-5-9-22-15/h4-11H,3H2,1-2H3,(H,18,19). The van der Waals surface area contributed by atoms with Gasteiger partial charge in [0.15, 0.2) is 11.3 Å². The first-order chi connectivity index (χ1) is 10.7. The maximum absolute atomic E-state index is 12.1. The number of ether oxygens (including phenoxy) is 1. The Morgan fingerprint density at radius 1 is 1.36 bits per heavy atom. The molecule has 2 heterocycles. The number of rotatable bonds is 5. The number of furan rings is 1. The molecule has 1 aromatic carbocycles. The minimum atomic E-state index is -0.212. The van der Waals surface area contributed by atoms with Gasteiger partial charge in [-0.2, -0.15) is 0 Å². The summed E-state index contributed by atoms with van der Waals surface area (Å²) in [5.41, 5.74) is 0.719. The van der Waals surface area contributed by atoms with Gasteiger partial charge in [0.2, 0.25) is 0 Å². The zero-order valence-electron chi connectivity index (χ0n) is 12.5. The van der Waals surface area contributed by atoms with E-state index < -0.39 is 0 Å². The number of hydrogen-bond donors (Lipinski definition) is 1. The van der Waals surface area contributed by atoms with Gasteiger partial charge in [-0.15, -0.1) is 11.3 Å². The smallest absolute Gasteiger partial charge is 0.261 e. The van der Waals surface area contributed by atoms with E-state index in [0.29, 0.717) is 17.2 Å². The van der Waals surface area contributed by atoms with Crippen molar-refractivity contribution < 1.29 is 13.9 Å². The zero-order chi connectivity index (χ0) is 15.5. The van der Waals surface area contributed by atoms with Crippen LogP contribution in [0.1, 0.15) is 35.3 Å². The van der Waals surface area contributed by atoms with Crippen molar-refractivity contribution in [1.82, 2.24) is 5.32 Å². The highest BCUT2D eigenvalue weighted by Crippen LogP contribution is 2.31.